The molecule has 3 N–H and O–H groups in total. The van der Waals surface area contributed by atoms with Crippen molar-refractivity contribution in [1.82, 2.24) is 5.32 Å². The molecule has 0 radical (unpaired) electrons. The fourth-order valence-electron chi connectivity index (χ4n) is 1.17. The summed E-state index contributed by atoms with van der Waals surface area (Å²) in [6.45, 7) is 17.7. The maximum absolute atomic E-state index is 5.60. The molecule has 0 unspecified atom stereocenters. The second-order valence-corrected chi connectivity index (χ2v) is 6.91. The molecule has 15 heavy (non-hydrogen) atoms. The van der Waals surface area contributed by atoms with Gasteiger partial charge >= 0.3 is 0 Å². The fraction of sp³-hybridized carbons (Fsp3) is 1.00. The molecule has 0 fully saturated rings. The summed E-state index contributed by atoms with van der Waals surface area (Å²) in [6, 6.07) is 0. The molecule has 0 atom stereocenters. The van der Waals surface area contributed by atoms with Gasteiger partial charge in [-0.05, 0) is 37.6 Å². The van der Waals surface area contributed by atoms with Gasteiger partial charge in [0.25, 0.3) is 0 Å². The van der Waals surface area contributed by atoms with Crippen molar-refractivity contribution >= 4 is 0 Å². The Morgan fingerprint density at radius 1 is 0.933 bits per heavy atom. The third kappa shape index (κ3) is 4.98. The van der Waals surface area contributed by atoms with Crippen LogP contribution in [-0.4, -0.2) is 18.6 Å². The molecule has 92 valence electrons. The minimum atomic E-state index is 0.150. The molecule has 0 amide bonds. The van der Waals surface area contributed by atoms with Crippen LogP contribution in [0.1, 0.15) is 54.9 Å². The number of nitrogens with one attached hydrogen (secondary N) is 1. The molecule has 0 spiro atoms. The van der Waals surface area contributed by atoms with Gasteiger partial charge in [-0.2, -0.15) is 0 Å². The van der Waals surface area contributed by atoms with Crippen LogP contribution in [0.5, 0.6) is 0 Å². The molecule has 2 nitrogen and oxygen atoms in total. The summed E-state index contributed by atoms with van der Waals surface area (Å²) in [5, 5.41) is 3.63. The lowest BCUT2D eigenvalue weighted by molar-refractivity contribution is 0.116. The monoisotopic (exact) mass is 214 g/mol. The molecule has 0 saturated carbocycles. The number of hydrogen-bond donors (Lipinski definition) is 2. The van der Waals surface area contributed by atoms with E-state index in [0.717, 1.165) is 19.5 Å². The minimum absolute atomic E-state index is 0.150. The molecule has 0 bridgehead atoms. The van der Waals surface area contributed by atoms with E-state index in [1.54, 1.807) is 0 Å². The van der Waals surface area contributed by atoms with E-state index < -0.39 is 0 Å². The van der Waals surface area contributed by atoms with Gasteiger partial charge in [0, 0.05) is 12.1 Å². The van der Waals surface area contributed by atoms with Gasteiger partial charge in [0.15, 0.2) is 0 Å². The van der Waals surface area contributed by atoms with Crippen molar-refractivity contribution in [2.24, 2.45) is 16.6 Å². The molecule has 0 rings (SSSR count). The molecule has 2 heteroatoms. The molecule has 0 aliphatic carbocycles. The van der Waals surface area contributed by atoms with Crippen molar-refractivity contribution in [3.63, 3.8) is 0 Å². The summed E-state index contributed by atoms with van der Waals surface area (Å²) in [7, 11) is 0. The van der Waals surface area contributed by atoms with Gasteiger partial charge in [-0.1, -0.05) is 34.6 Å². The molecular formula is C13H30N2. The summed E-state index contributed by atoms with van der Waals surface area (Å²) >= 11 is 0. The molecular weight excluding hydrogens is 184 g/mol. The van der Waals surface area contributed by atoms with Gasteiger partial charge in [-0.25, -0.2) is 0 Å². The van der Waals surface area contributed by atoms with Crippen molar-refractivity contribution < 1.29 is 0 Å². The smallest absolute Gasteiger partial charge is 0.0137 e. The number of rotatable bonds is 5. The van der Waals surface area contributed by atoms with Crippen molar-refractivity contribution in [2.75, 3.05) is 13.1 Å². The predicted octanol–water partition coefficient (Wildman–Crippen LogP) is 2.78. The topological polar surface area (TPSA) is 38.0 Å². The van der Waals surface area contributed by atoms with Crippen LogP contribution >= 0.6 is 0 Å². The van der Waals surface area contributed by atoms with Gasteiger partial charge in [-0.3, -0.25) is 0 Å². The summed E-state index contributed by atoms with van der Waals surface area (Å²) in [5.74, 6) is 0. The largest absolute Gasteiger partial charge is 0.330 e. The Hall–Kier alpha value is -0.0800. The van der Waals surface area contributed by atoms with E-state index in [-0.39, 0.29) is 5.54 Å². The Labute approximate surface area is 96.0 Å². The predicted molar refractivity (Wildman–Crippen MR) is 69.0 cm³/mol. The van der Waals surface area contributed by atoms with Crippen molar-refractivity contribution in [3.8, 4) is 0 Å². The standard InChI is InChI=1S/C13H30N2/c1-11(2,3)12(4,5)10-15-13(6,7)8-9-14/h15H,8-10,14H2,1-7H3. The van der Waals surface area contributed by atoms with Gasteiger partial charge in [0.05, 0.1) is 0 Å². The van der Waals surface area contributed by atoms with Crippen LogP contribution in [0.25, 0.3) is 0 Å². The van der Waals surface area contributed by atoms with E-state index in [1.165, 1.54) is 0 Å². The Kier molecular flexibility index (Phi) is 4.81. The molecule has 0 aliphatic heterocycles. The summed E-state index contributed by atoms with van der Waals surface area (Å²) in [4.78, 5) is 0. The molecule has 0 saturated heterocycles. The highest BCUT2D eigenvalue weighted by Gasteiger charge is 2.33. The van der Waals surface area contributed by atoms with Crippen molar-refractivity contribution in [3.05, 3.63) is 0 Å². The zero-order chi connectivity index (χ0) is 12.3. The normalized spacial score (nSPS) is 14.4. The highest BCUT2D eigenvalue weighted by Crippen LogP contribution is 2.37. The van der Waals surface area contributed by atoms with Crippen LogP contribution in [-0.2, 0) is 0 Å². The minimum Gasteiger partial charge on any atom is -0.330 e. The Bertz CT molecular complexity index is 187. The second kappa shape index (κ2) is 4.84. The Morgan fingerprint density at radius 2 is 1.40 bits per heavy atom. The molecule has 0 aromatic carbocycles. The zero-order valence-electron chi connectivity index (χ0n) is 11.7. The summed E-state index contributed by atoms with van der Waals surface area (Å²) in [6.07, 6.45) is 1.02. The average molecular weight is 214 g/mol. The summed E-state index contributed by atoms with van der Waals surface area (Å²) < 4.78 is 0. The van der Waals surface area contributed by atoms with E-state index in [2.05, 4.69) is 53.8 Å². The number of nitrogens with two attached hydrogens (primary N) is 1. The number of hydrogen-bond acceptors (Lipinski definition) is 2. The van der Waals surface area contributed by atoms with E-state index in [0.29, 0.717) is 10.8 Å². The van der Waals surface area contributed by atoms with E-state index in [4.69, 9.17) is 5.73 Å². The van der Waals surface area contributed by atoms with Gasteiger partial charge < -0.3 is 11.1 Å². The van der Waals surface area contributed by atoms with Crippen molar-refractivity contribution in [1.29, 1.82) is 0 Å². The van der Waals surface area contributed by atoms with E-state index in [9.17, 15) is 0 Å². The second-order valence-electron chi connectivity index (χ2n) is 6.91. The van der Waals surface area contributed by atoms with E-state index in [1.807, 2.05) is 0 Å². The van der Waals surface area contributed by atoms with Crippen LogP contribution in [0.2, 0.25) is 0 Å². The van der Waals surface area contributed by atoms with Crippen LogP contribution in [0.15, 0.2) is 0 Å². The third-order valence-electron chi connectivity index (χ3n) is 3.81. The van der Waals surface area contributed by atoms with Crippen molar-refractivity contribution in [2.45, 2.75) is 60.4 Å². The Balaban J connectivity index is 4.26. The first-order valence-corrected chi connectivity index (χ1v) is 5.97. The molecule has 0 aromatic heterocycles. The molecule has 0 aliphatic rings. The first kappa shape index (κ1) is 14.9. The molecule has 0 heterocycles. The lowest BCUT2D eigenvalue weighted by Crippen LogP contribution is -2.48. The fourth-order valence-corrected chi connectivity index (χ4v) is 1.17. The maximum atomic E-state index is 5.60. The highest BCUT2D eigenvalue weighted by atomic mass is 15.0. The van der Waals surface area contributed by atoms with Crippen LogP contribution < -0.4 is 11.1 Å². The van der Waals surface area contributed by atoms with Crippen LogP contribution in [0.3, 0.4) is 0 Å². The average Bonchev–Trinajstić information content (AvgIpc) is 1.99. The van der Waals surface area contributed by atoms with Gasteiger partial charge in [0.1, 0.15) is 0 Å². The zero-order valence-corrected chi connectivity index (χ0v) is 11.7. The quantitative estimate of drug-likeness (QED) is 0.738. The highest BCUT2D eigenvalue weighted by molar-refractivity contribution is 4.88. The van der Waals surface area contributed by atoms with Gasteiger partial charge in [0.2, 0.25) is 0 Å². The maximum Gasteiger partial charge on any atom is 0.0137 e. The first-order valence-electron chi connectivity index (χ1n) is 5.97. The summed E-state index contributed by atoms with van der Waals surface area (Å²) in [5.41, 5.74) is 6.36. The van der Waals surface area contributed by atoms with Gasteiger partial charge in [-0.15, -0.1) is 0 Å². The SMILES string of the molecule is CC(C)(CCN)NCC(C)(C)C(C)(C)C. The lowest BCUT2D eigenvalue weighted by atomic mass is 9.69. The van der Waals surface area contributed by atoms with Crippen LogP contribution in [0, 0.1) is 10.8 Å². The molecule has 0 aromatic rings. The third-order valence-corrected chi connectivity index (χ3v) is 3.81. The Morgan fingerprint density at radius 3 is 1.73 bits per heavy atom. The lowest BCUT2D eigenvalue weighted by Gasteiger charge is -2.41. The first-order chi connectivity index (χ1) is 6.52. The van der Waals surface area contributed by atoms with E-state index >= 15 is 0 Å². The van der Waals surface area contributed by atoms with Crippen LogP contribution in [0.4, 0.5) is 0 Å².